The summed E-state index contributed by atoms with van der Waals surface area (Å²) in [5.74, 6) is 0.0347. The maximum atomic E-state index is 13.0. The zero-order chi connectivity index (χ0) is 19.5. The first kappa shape index (κ1) is 16.7. The average Bonchev–Trinajstić information content (AvgIpc) is 3.50. The summed E-state index contributed by atoms with van der Waals surface area (Å²) in [4.78, 5) is 32.0. The third-order valence-electron chi connectivity index (χ3n) is 6.82. The lowest BCUT2D eigenvalue weighted by Gasteiger charge is -2.17. The number of nitrogens with zero attached hydrogens (tertiary/aromatic N) is 3. The Morgan fingerprint density at radius 1 is 0.931 bits per heavy atom. The number of carbonyl (C=O) groups is 2. The van der Waals surface area contributed by atoms with Crippen molar-refractivity contribution in [1.82, 2.24) is 9.55 Å². The van der Waals surface area contributed by atoms with Gasteiger partial charge in [0.15, 0.2) is 0 Å². The SMILES string of the molecule is O=C1[C@@H]2[C@H](C(=O)N1c1ccc3c(c1)ncn3CCc1ccccc1)[C@H]1C=C[C@H]2C1. The zero-order valence-corrected chi connectivity index (χ0v) is 15.9. The maximum Gasteiger partial charge on any atom is 0.238 e. The van der Waals surface area contributed by atoms with Crippen LogP contribution in [0, 0.1) is 23.7 Å². The van der Waals surface area contributed by atoms with E-state index in [2.05, 4.69) is 46.0 Å². The Bertz CT molecular complexity index is 1130. The lowest BCUT2D eigenvalue weighted by Crippen LogP contribution is -2.32. The Morgan fingerprint density at radius 2 is 1.66 bits per heavy atom. The standard InChI is InChI=1S/C24H21N3O2/c28-23-21-16-6-7-17(12-16)22(21)24(29)27(23)18-8-9-20-19(13-18)25-14-26(20)11-10-15-4-2-1-3-5-15/h1-9,13-14,16-17,21-22H,10-12H2/t16-,17-,21-,22+/m0/s1. The smallest absolute Gasteiger partial charge is 0.238 e. The van der Waals surface area contributed by atoms with Gasteiger partial charge in [-0.3, -0.25) is 9.59 Å². The molecule has 2 bridgehead atoms. The topological polar surface area (TPSA) is 55.2 Å². The number of rotatable bonds is 4. The van der Waals surface area contributed by atoms with E-state index in [1.54, 1.807) is 0 Å². The molecule has 0 radical (unpaired) electrons. The minimum Gasteiger partial charge on any atom is -0.330 e. The van der Waals surface area contributed by atoms with E-state index in [0.717, 1.165) is 30.4 Å². The van der Waals surface area contributed by atoms with E-state index >= 15 is 0 Å². The second kappa shape index (κ2) is 6.14. The van der Waals surface area contributed by atoms with Crippen molar-refractivity contribution in [2.75, 3.05) is 4.90 Å². The number of benzene rings is 2. The van der Waals surface area contributed by atoms with Gasteiger partial charge in [0.25, 0.3) is 0 Å². The van der Waals surface area contributed by atoms with Gasteiger partial charge in [-0.05, 0) is 48.4 Å². The van der Waals surface area contributed by atoms with Gasteiger partial charge in [0, 0.05) is 6.54 Å². The van der Waals surface area contributed by atoms with Crippen LogP contribution in [0.3, 0.4) is 0 Å². The Morgan fingerprint density at radius 3 is 2.38 bits per heavy atom. The van der Waals surface area contributed by atoms with Gasteiger partial charge in [-0.2, -0.15) is 0 Å². The molecule has 3 aliphatic rings. The van der Waals surface area contributed by atoms with Crippen molar-refractivity contribution in [3.05, 3.63) is 72.6 Å². The Balaban J connectivity index is 1.28. The van der Waals surface area contributed by atoms with Crippen LogP contribution >= 0.6 is 0 Å². The number of aryl methyl sites for hydroxylation is 2. The van der Waals surface area contributed by atoms with E-state index in [1.807, 2.05) is 30.6 Å². The molecule has 1 saturated carbocycles. The van der Waals surface area contributed by atoms with E-state index < -0.39 is 0 Å². The van der Waals surface area contributed by atoms with Gasteiger partial charge < -0.3 is 4.57 Å². The van der Waals surface area contributed by atoms with Crippen molar-refractivity contribution in [3.63, 3.8) is 0 Å². The maximum absolute atomic E-state index is 13.0. The number of allylic oxidation sites excluding steroid dienone is 2. The van der Waals surface area contributed by atoms with Crippen LogP contribution in [0.2, 0.25) is 0 Å². The lowest BCUT2D eigenvalue weighted by atomic mass is 9.85. The van der Waals surface area contributed by atoms with Crippen molar-refractivity contribution in [1.29, 1.82) is 0 Å². The van der Waals surface area contributed by atoms with Crippen LogP contribution in [0.25, 0.3) is 11.0 Å². The van der Waals surface area contributed by atoms with E-state index in [9.17, 15) is 9.59 Å². The zero-order valence-electron chi connectivity index (χ0n) is 15.9. The van der Waals surface area contributed by atoms with E-state index in [4.69, 9.17) is 0 Å². The monoisotopic (exact) mass is 383 g/mol. The Kier molecular flexibility index (Phi) is 3.54. The van der Waals surface area contributed by atoms with Crippen LogP contribution in [0.15, 0.2) is 67.0 Å². The number of hydrogen-bond donors (Lipinski definition) is 0. The normalized spacial score (nSPS) is 27.4. The first-order chi connectivity index (χ1) is 14.2. The largest absolute Gasteiger partial charge is 0.330 e. The van der Waals surface area contributed by atoms with Crippen molar-refractivity contribution in [3.8, 4) is 0 Å². The fraction of sp³-hybridized carbons (Fsp3) is 0.292. The number of fused-ring (bicyclic) bond motifs is 6. The van der Waals surface area contributed by atoms with Crippen LogP contribution in [-0.2, 0) is 22.6 Å². The molecule has 5 nitrogen and oxygen atoms in total. The van der Waals surface area contributed by atoms with E-state index in [0.29, 0.717) is 5.69 Å². The highest BCUT2D eigenvalue weighted by atomic mass is 16.2. The molecule has 2 amide bonds. The summed E-state index contributed by atoms with van der Waals surface area (Å²) in [5, 5.41) is 0. The van der Waals surface area contributed by atoms with Crippen molar-refractivity contribution in [2.45, 2.75) is 19.4 Å². The molecular formula is C24H21N3O2. The first-order valence-corrected chi connectivity index (χ1v) is 10.3. The van der Waals surface area contributed by atoms with Crippen LogP contribution in [0.4, 0.5) is 5.69 Å². The third-order valence-corrected chi connectivity index (χ3v) is 6.82. The van der Waals surface area contributed by atoms with Gasteiger partial charge in [-0.15, -0.1) is 0 Å². The Hall–Kier alpha value is -3.21. The molecule has 2 fully saturated rings. The molecule has 2 aliphatic carbocycles. The van der Waals surface area contributed by atoms with Crippen molar-refractivity contribution >= 4 is 28.5 Å². The van der Waals surface area contributed by atoms with Gasteiger partial charge in [0.1, 0.15) is 0 Å². The summed E-state index contributed by atoms with van der Waals surface area (Å²) >= 11 is 0. The molecule has 4 atom stereocenters. The summed E-state index contributed by atoms with van der Waals surface area (Å²) in [6.07, 6.45) is 7.96. The molecule has 0 N–H and O–H groups in total. The average molecular weight is 383 g/mol. The summed E-state index contributed by atoms with van der Waals surface area (Å²) in [7, 11) is 0. The van der Waals surface area contributed by atoms with Gasteiger partial charge in [-0.1, -0.05) is 42.5 Å². The molecule has 1 aliphatic heterocycles. The summed E-state index contributed by atoms with van der Waals surface area (Å²) in [5.41, 5.74) is 3.77. The van der Waals surface area contributed by atoms with Gasteiger partial charge >= 0.3 is 0 Å². The highest BCUT2D eigenvalue weighted by molar-refractivity contribution is 6.23. The molecule has 6 rings (SSSR count). The summed E-state index contributed by atoms with van der Waals surface area (Å²) in [6, 6.07) is 16.1. The predicted octanol–water partition coefficient (Wildman–Crippen LogP) is 3.59. The third kappa shape index (κ3) is 2.43. The number of anilines is 1. The van der Waals surface area contributed by atoms with Crippen LogP contribution in [0.1, 0.15) is 12.0 Å². The number of imide groups is 1. The molecule has 3 aromatic rings. The van der Waals surface area contributed by atoms with Crippen molar-refractivity contribution in [2.24, 2.45) is 23.7 Å². The lowest BCUT2D eigenvalue weighted by molar-refractivity contribution is -0.123. The predicted molar refractivity (Wildman–Crippen MR) is 110 cm³/mol. The number of aromatic nitrogens is 2. The molecule has 5 heteroatoms. The molecular weight excluding hydrogens is 362 g/mol. The van der Waals surface area contributed by atoms with Gasteiger partial charge in [0.2, 0.25) is 11.8 Å². The van der Waals surface area contributed by atoms with E-state index in [-0.39, 0.29) is 35.5 Å². The minimum absolute atomic E-state index is 0.0419. The van der Waals surface area contributed by atoms with E-state index in [1.165, 1.54) is 10.5 Å². The number of carbonyl (C=O) groups excluding carboxylic acids is 2. The van der Waals surface area contributed by atoms with Crippen LogP contribution in [-0.4, -0.2) is 21.4 Å². The van der Waals surface area contributed by atoms with Gasteiger partial charge in [0.05, 0.1) is 34.9 Å². The quantitative estimate of drug-likeness (QED) is 0.511. The van der Waals surface area contributed by atoms with Crippen LogP contribution in [0.5, 0.6) is 0 Å². The molecule has 1 aromatic heterocycles. The number of hydrogen-bond acceptors (Lipinski definition) is 3. The molecule has 1 saturated heterocycles. The van der Waals surface area contributed by atoms with Gasteiger partial charge in [-0.25, -0.2) is 9.88 Å². The molecule has 29 heavy (non-hydrogen) atoms. The second-order valence-electron chi connectivity index (χ2n) is 8.36. The highest BCUT2D eigenvalue weighted by Crippen LogP contribution is 2.53. The first-order valence-electron chi connectivity index (χ1n) is 10.3. The minimum atomic E-state index is -0.170. The second-order valence-corrected chi connectivity index (χ2v) is 8.36. The number of amides is 2. The summed E-state index contributed by atoms with van der Waals surface area (Å²) < 4.78 is 2.12. The Labute approximate surface area is 168 Å². The molecule has 2 aromatic carbocycles. The summed E-state index contributed by atoms with van der Waals surface area (Å²) in [6.45, 7) is 0.834. The molecule has 144 valence electrons. The highest BCUT2D eigenvalue weighted by Gasteiger charge is 2.59. The molecule has 2 heterocycles. The molecule has 0 spiro atoms. The fourth-order valence-electron chi connectivity index (χ4n) is 5.42. The number of imidazole rings is 1. The van der Waals surface area contributed by atoms with Crippen molar-refractivity contribution < 1.29 is 9.59 Å². The van der Waals surface area contributed by atoms with Crippen LogP contribution < -0.4 is 4.90 Å². The molecule has 0 unspecified atom stereocenters. The fourth-order valence-corrected chi connectivity index (χ4v) is 5.42.